The minimum atomic E-state index is -0.712. The summed E-state index contributed by atoms with van der Waals surface area (Å²) in [6, 6.07) is 16.3. The lowest BCUT2D eigenvalue weighted by Gasteiger charge is -2.45. The number of carbonyl (C=O) groups excluding carboxylic acids is 1. The lowest BCUT2D eigenvalue weighted by atomic mass is 9.85. The van der Waals surface area contributed by atoms with Crippen LogP contribution in [0.15, 0.2) is 66.9 Å². The Balaban J connectivity index is 1.84. The van der Waals surface area contributed by atoms with E-state index in [9.17, 15) is 9.90 Å². The number of aliphatic hydroxyl groups excluding tert-OH is 1. The van der Waals surface area contributed by atoms with Crippen molar-refractivity contribution >= 4 is 46.0 Å². The second-order valence-corrected chi connectivity index (χ2v) is 22.8. The molecule has 1 aromatic carbocycles. The third kappa shape index (κ3) is 17.1. The molecule has 4 rings (SSSR count). The number of aryl methyl sites for hydroxylation is 2. The standard InChI is InChI=1S/C60H92N2O2S3/c1-10-17-22-24-26-28-33-50-39-52(44-63)65-58(50)55-37-38-56(66-55)59-51(34-29-27-25-23-18-11-2)41-57(67-59)49-35-36-54(61-42-47(15-6)31-20-13-4)53(40-49)60(9,45-64)62(46(8)30-19-12-3)43-48(16-7)32-21-14-5/h19,30,35-41,44,47-48,61,64H,8,10-18,20-29,31-34,42-43,45H2,1-7,9H3/b30-19-. The van der Waals surface area contributed by atoms with Gasteiger partial charge in [-0.25, -0.2) is 0 Å². The van der Waals surface area contributed by atoms with Crippen LogP contribution in [0.3, 0.4) is 0 Å². The molecule has 3 aromatic heterocycles. The van der Waals surface area contributed by atoms with Gasteiger partial charge in [0.2, 0.25) is 0 Å². The van der Waals surface area contributed by atoms with Crippen LogP contribution in [0.5, 0.6) is 0 Å². The van der Waals surface area contributed by atoms with Crippen LogP contribution in [-0.4, -0.2) is 36.0 Å². The number of thiophene rings is 3. The van der Waals surface area contributed by atoms with Crippen LogP contribution in [0.25, 0.3) is 29.9 Å². The van der Waals surface area contributed by atoms with Gasteiger partial charge >= 0.3 is 0 Å². The number of aldehydes is 1. The number of unbranched alkanes of at least 4 members (excludes halogenated alkanes) is 12. The van der Waals surface area contributed by atoms with Crippen molar-refractivity contribution in [2.24, 2.45) is 11.8 Å². The predicted octanol–water partition coefficient (Wildman–Crippen LogP) is 19.3. The van der Waals surface area contributed by atoms with E-state index < -0.39 is 5.54 Å². The summed E-state index contributed by atoms with van der Waals surface area (Å²) in [6.07, 6.45) is 33.2. The Morgan fingerprint density at radius 3 is 1.82 bits per heavy atom. The van der Waals surface area contributed by atoms with E-state index >= 15 is 0 Å². The summed E-state index contributed by atoms with van der Waals surface area (Å²) >= 11 is 5.49. The third-order valence-electron chi connectivity index (χ3n) is 14.2. The molecule has 0 fully saturated rings. The molecule has 372 valence electrons. The van der Waals surface area contributed by atoms with Crippen LogP contribution in [0.2, 0.25) is 0 Å². The van der Waals surface area contributed by atoms with Gasteiger partial charge in [-0.2, -0.15) is 0 Å². The van der Waals surface area contributed by atoms with Gasteiger partial charge in [-0.1, -0.05) is 170 Å². The van der Waals surface area contributed by atoms with Crippen molar-refractivity contribution in [2.45, 2.75) is 209 Å². The topological polar surface area (TPSA) is 52.6 Å². The average Bonchev–Trinajstić information content (AvgIpc) is 4.12. The summed E-state index contributed by atoms with van der Waals surface area (Å²) in [6.45, 7) is 24.6. The van der Waals surface area contributed by atoms with Gasteiger partial charge in [-0.05, 0) is 123 Å². The fraction of sp³-hybridized carbons (Fsp3) is 0.617. The number of hydrogen-bond donors (Lipinski definition) is 2. The van der Waals surface area contributed by atoms with E-state index in [2.05, 4.69) is 127 Å². The molecule has 0 saturated heterocycles. The molecule has 67 heavy (non-hydrogen) atoms. The van der Waals surface area contributed by atoms with Crippen molar-refractivity contribution in [3.63, 3.8) is 0 Å². The van der Waals surface area contributed by atoms with Gasteiger partial charge in [0.25, 0.3) is 0 Å². The summed E-state index contributed by atoms with van der Waals surface area (Å²) in [5.41, 5.74) is 6.48. The fourth-order valence-electron chi connectivity index (χ4n) is 9.61. The van der Waals surface area contributed by atoms with Crippen LogP contribution in [-0.2, 0) is 18.4 Å². The molecular weight excluding hydrogens is 877 g/mol. The number of nitrogens with zero attached hydrogens (tertiary/aromatic N) is 1. The van der Waals surface area contributed by atoms with E-state index in [4.69, 9.17) is 0 Å². The van der Waals surface area contributed by atoms with Crippen LogP contribution in [0.4, 0.5) is 5.69 Å². The molecule has 2 N–H and O–H groups in total. The summed E-state index contributed by atoms with van der Waals surface area (Å²) in [4.78, 5) is 21.9. The molecule has 4 aromatic rings. The molecule has 3 atom stereocenters. The highest BCUT2D eigenvalue weighted by atomic mass is 32.1. The largest absolute Gasteiger partial charge is 0.394 e. The fourth-order valence-corrected chi connectivity index (χ4v) is 13.1. The van der Waals surface area contributed by atoms with Crippen molar-refractivity contribution in [3.05, 3.63) is 88.5 Å². The molecule has 3 heterocycles. The zero-order valence-corrected chi connectivity index (χ0v) is 46.0. The highest BCUT2D eigenvalue weighted by Gasteiger charge is 2.37. The lowest BCUT2D eigenvalue weighted by Crippen LogP contribution is -2.48. The zero-order chi connectivity index (χ0) is 48.4. The van der Waals surface area contributed by atoms with E-state index in [1.807, 2.05) is 22.7 Å². The number of hydrogen-bond acceptors (Lipinski definition) is 7. The van der Waals surface area contributed by atoms with Gasteiger partial charge in [-0.15, -0.1) is 34.0 Å². The van der Waals surface area contributed by atoms with Crippen LogP contribution in [0, 0.1) is 11.8 Å². The quantitative estimate of drug-likeness (QED) is 0.0269. The Hall–Kier alpha value is -2.97. The molecular formula is C60H92N2O2S3. The predicted molar refractivity (Wildman–Crippen MR) is 301 cm³/mol. The molecule has 3 unspecified atom stereocenters. The minimum Gasteiger partial charge on any atom is -0.394 e. The number of aliphatic hydroxyl groups is 1. The van der Waals surface area contributed by atoms with Gasteiger partial charge in [0.05, 0.1) is 17.0 Å². The van der Waals surface area contributed by atoms with E-state index in [0.717, 1.165) is 73.3 Å². The van der Waals surface area contributed by atoms with Crippen molar-refractivity contribution in [1.82, 2.24) is 4.90 Å². The van der Waals surface area contributed by atoms with Crippen LogP contribution in [0.1, 0.15) is 217 Å². The molecule has 4 nitrogen and oxygen atoms in total. The van der Waals surface area contributed by atoms with Gasteiger partial charge in [-0.3, -0.25) is 4.79 Å². The zero-order valence-electron chi connectivity index (χ0n) is 43.5. The molecule has 0 radical (unpaired) electrons. The summed E-state index contributed by atoms with van der Waals surface area (Å²) in [5.74, 6) is 1.09. The van der Waals surface area contributed by atoms with Gasteiger partial charge in [0.15, 0.2) is 6.29 Å². The van der Waals surface area contributed by atoms with Crippen molar-refractivity contribution in [2.75, 3.05) is 25.0 Å². The number of anilines is 1. The maximum absolute atomic E-state index is 12.1. The van der Waals surface area contributed by atoms with Gasteiger partial charge in [0, 0.05) is 54.4 Å². The monoisotopic (exact) mass is 969 g/mol. The maximum Gasteiger partial charge on any atom is 0.160 e. The molecule has 0 bridgehead atoms. The lowest BCUT2D eigenvalue weighted by molar-refractivity contribution is 0.0579. The normalized spacial score (nSPS) is 13.6. The van der Waals surface area contributed by atoms with Gasteiger partial charge < -0.3 is 15.3 Å². The number of benzene rings is 1. The van der Waals surface area contributed by atoms with Crippen LogP contribution < -0.4 is 5.32 Å². The van der Waals surface area contributed by atoms with E-state index in [0.29, 0.717) is 11.8 Å². The minimum absolute atomic E-state index is 0.0201. The second-order valence-electron chi connectivity index (χ2n) is 19.6. The molecule has 0 saturated carbocycles. The smallest absolute Gasteiger partial charge is 0.160 e. The summed E-state index contributed by atoms with van der Waals surface area (Å²) < 4.78 is 0. The number of nitrogens with one attached hydrogen (secondary N) is 1. The van der Waals surface area contributed by atoms with E-state index in [-0.39, 0.29) is 6.61 Å². The average molecular weight is 970 g/mol. The SMILES string of the molecule is C=C(/C=C\CC)N(CC(CC)CCCC)C(C)(CO)c1cc(-c2cc(CCCCCCCC)c(-c3ccc(-c4sc(C=O)cc4CCCCCCCC)s3)s2)ccc1NCC(CC)CCCC. The first kappa shape index (κ1) is 56.6. The summed E-state index contributed by atoms with van der Waals surface area (Å²) in [5, 5.41) is 15.8. The highest BCUT2D eigenvalue weighted by molar-refractivity contribution is 7.27. The Labute approximate surface area is 422 Å². The van der Waals surface area contributed by atoms with Crippen molar-refractivity contribution < 1.29 is 9.90 Å². The molecule has 0 aliphatic heterocycles. The molecule has 0 amide bonds. The van der Waals surface area contributed by atoms with E-state index in [1.54, 1.807) is 11.3 Å². The van der Waals surface area contributed by atoms with Gasteiger partial charge in [0.1, 0.15) is 0 Å². The molecule has 0 spiro atoms. The second kappa shape index (κ2) is 31.3. The van der Waals surface area contributed by atoms with E-state index in [1.165, 1.54) is 157 Å². The maximum atomic E-state index is 12.1. The Morgan fingerprint density at radius 1 is 0.687 bits per heavy atom. The Bertz CT molecular complexity index is 2040. The van der Waals surface area contributed by atoms with Crippen molar-refractivity contribution in [1.29, 1.82) is 0 Å². The number of rotatable bonds is 37. The number of carbonyl (C=O) groups is 1. The number of allylic oxidation sites excluding steroid dienone is 2. The highest BCUT2D eigenvalue weighted by Crippen LogP contribution is 2.47. The van der Waals surface area contributed by atoms with Crippen molar-refractivity contribution in [3.8, 4) is 29.9 Å². The first-order chi connectivity index (χ1) is 32.6. The Morgan fingerprint density at radius 2 is 1.25 bits per heavy atom. The first-order valence-electron chi connectivity index (χ1n) is 27.1. The molecule has 7 heteroatoms. The van der Waals surface area contributed by atoms with Crippen LogP contribution >= 0.6 is 34.0 Å². The molecule has 0 aliphatic carbocycles. The Kier molecular flexibility index (Phi) is 26.4. The first-order valence-corrected chi connectivity index (χ1v) is 29.5. The third-order valence-corrected chi connectivity index (χ3v) is 18.0. The molecule has 0 aliphatic rings. The summed E-state index contributed by atoms with van der Waals surface area (Å²) in [7, 11) is 0.